The van der Waals surface area contributed by atoms with Gasteiger partial charge in [0.15, 0.2) is 0 Å². The molecule has 4 aromatic rings. The van der Waals surface area contributed by atoms with E-state index in [-0.39, 0.29) is 33.6 Å². The summed E-state index contributed by atoms with van der Waals surface area (Å²) in [6.07, 6.45) is 1.67. The Balaban J connectivity index is 1.47. The van der Waals surface area contributed by atoms with E-state index in [9.17, 15) is 18.4 Å². The molecule has 1 aliphatic heterocycles. The molecule has 38 heavy (non-hydrogen) atoms. The molecule has 194 valence electrons. The van der Waals surface area contributed by atoms with Crippen LogP contribution in [0.25, 0.3) is 0 Å². The number of hydrogen-bond donors (Lipinski definition) is 2. The van der Waals surface area contributed by atoms with Gasteiger partial charge in [0.2, 0.25) is 0 Å². The molecule has 0 saturated heterocycles. The molecule has 0 radical (unpaired) electrons. The van der Waals surface area contributed by atoms with Crippen molar-refractivity contribution < 1.29 is 13.6 Å². The molecule has 12 heteroatoms. The summed E-state index contributed by atoms with van der Waals surface area (Å²) in [5.74, 6) is 0.0396. The summed E-state index contributed by atoms with van der Waals surface area (Å²) < 4.78 is 27.9. The molecule has 0 spiro atoms. The van der Waals surface area contributed by atoms with Crippen molar-refractivity contribution in [2.24, 2.45) is 0 Å². The van der Waals surface area contributed by atoms with Crippen LogP contribution < -0.4 is 10.9 Å². The molecular formula is C26H17Cl3F2N4O2S. The third-order valence-electron chi connectivity index (χ3n) is 5.80. The predicted octanol–water partition coefficient (Wildman–Crippen LogP) is 7.42. The number of nitrogens with zero attached hydrogens (tertiary/aromatic N) is 2. The van der Waals surface area contributed by atoms with Gasteiger partial charge in [0.25, 0.3) is 11.5 Å². The number of benzene rings is 2. The van der Waals surface area contributed by atoms with Gasteiger partial charge in [-0.25, -0.2) is 4.98 Å². The normalized spacial score (nSPS) is 12.9. The SMILES string of the molecule is O=C(c1c(Sc2c(Cl)cccc2Cl)cc(C(F)(F)Cl)[nH]c1=O)N1Cc2ccc(Nc3ccccn3)cc2C1. The topological polar surface area (TPSA) is 78.1 Å². The number of rotatable bonds is 6. The van der Waals surface area contributed by atoms with E-state index in [1.54, 1.807) is 24.4 Å². The zero-order chi connectivity index (χ0) is 27.0. The Bertz CT molecular complexity index is 1580. The molecule has 0 atom stereocenters. The zero-order valence-electron chi connectivity index (χ0n) is 19.3. The van der Waals surface area contributed by atoms with Gasteiger partial charge in [-0.3, -0.25) is 9.59 Å². The maximum absolute atomic E-state index is 13.9. The molecule has 2 N–H and O–H groups in total. The van der Waals surface area contributed by atoms with Gasteiger partial charge < -0.3 is 15.2 Å². The zero-order valence-corrected chi connectivity index (χ0v) is 22.4. The van der Waals surface area contributed by atoms with Crippen LogP contribution in [0.15, 0.2) is 81.4 Å². The average Bonchev–Trinajstić information content (AvgIpc) is 3.29. The quantitative estimate of drug-likeness (QED) is 0.228. The van der Waals surface area contributed by atoms with E-state index in [2.05, 4.69) is 15.3 Å². The Morgan fingerprint density at radius 2 is 1.76 bits per heavy atom. The van der Waals surface area contributed by atoms with Crippen LogP contribution in [0.3, 0.4) is 0 Å². The average molecular weight is 594 g/mol. The summed E-state index contributed by atoms with van der Waals surface area (Å²) >= 11 is 18.6. The van der Waals surface area contributed by atoms with Crippen molar-refractivity contribution in [3.05, 3.63) is 110 Å². The Morgan fingerprint density at radius 1 is 1.03 bits per heavy atom. The van der Waals surface area contributed by atoms with Crippen LogP contribution in [0.4, 0.5) is 20.3 Å². The van der Waals surface area contributed by atoms with Crippen LogP contribution in [-0.4, -0.2) is 20.8 Å². The smallest absolute Gasteiger partial charge is 0.340 e. The van der Waals surface area contributed by atoms with Crippen LogP contribution in [0.1, 0.15) is 27.2 Å². The molecule has 5 rings (SSSR count). The molecule has 3 heterocycles. The fraction of sp³-hybridized carbons (Fsp3) is 0.115. The number of fused-ring (bicyclic) bond motifs is 1. The van der Waals surface area contributed by atoms with Crippen molar-refractivity contribution in [2.75, 3.05) is 5.32 Å². The number of halogens is 5. The summed E-state index contributed by atoms with van der Waals surface area (Å²) in [6, 6.07) is 16.9. The number of aromatic amines is 1. The molecule has 2 aromatic carbocycles. The number of anilines is 2. The van der Waals surface area contributed by atoms with Gasteiger partial charge in [-0.2, -0.15) is 8.78 Å². The Kier molecular flexibility index (Phi) is 7.37. The van der Waals surface area contributed by atoms with Crippen LogP contribution in [0.2, 0.25) is 10.0 Å². The number of amides is 1. The van der Waals surface area contributed by atoms with E-state index < -0.39 is 22.5 Å². The van der Waals surface area contributed by atoms with Crippen molar-refractivity contribution in [1.29, 1.82) is 0 Å². The van der Waals surface area contributed by atoms with Gasteiger partial charge >= 0.3 is 5.38 Å². The Morgan fingerprint density at radius 3 is 2.45 bits per heavy atom. The third-order valence-corrected chi connectivity index (χ3v) is 8.04. The lowest BCUT2D eigenvalue weighted by Crippen LogP contribution is -2.32. The second kappa shape index (κ2) is 10.6. The fourth-order valence-corrected chi connectivity index (χ4v) is 5.76. The number of hydrogen-bond acceptors (Lipinski definition) is 5. The minimum atomic E-state index is -3.86. The highest BCUT2D eigenvalue weighted by molar-refractivity contribution is 7.99. The minimum Gasteiger partial charge on any atom is -0.340 e. The highest BCUT2D eigenvalue weighted by atomic mass is 35.5. The van der Waals surface area contributed by atoms with E-state index in [0.29, 0.717) is 10.7 Å². The van der Waals surface area contributed by atoms with E-state index in [4.69, 9.17) is 34.8 Å². The van der Waals surface area contributed by atoms with Crippen LogP contribution in [0, 0.1) is 0 Å². The molecular weight excluding hydrogens is 577 g/mol. The molecule has 1 aliphatic rings. The summed E-state index contributed by atoms with van der Waals surface area (Å²) in [4.78, 5) is 34.7. The second-order valence-corrected chi connectivity index (χ2v) is 10.7. The van der Waals surface area contributed by atoms with Crippen molar-refractivity contribution >= 4 is 64.0 Å². The maximum Gasteiger partial charge on any atom is 0.362 e. The number of aromatic nitrogens is 2. The van der Waals surface area contributed by atoms with Gasteiger partial charge in [0.05, 0.1) is 10.0 Å². The van der Waals surface area contributed by atoms with Gasteiger partial charge in [0.1, 0.15) is 17.1 Å². The molecule has 0 saturated carbocycles. The summed E-state index contributed by atoms with van der Waals surface area (Å²) in [5.41, 5.74) is 0.410. The number of carbonyl (C=O) groups is 1. The Labute approximate surface area is 234 Å². The minimum absolute atomic E-state index is 0.0439. The molecule has 0 bridgehead atoms. The predicted molar refractivity (Wildman–Crippen MR) is 145 cm³/mol. The van der Waals surface area contributed by atoms with Crippen molar-refractivity contribution in [3.8, 4) is 0 Å². The highest BCUT2D eigenvalue weighted by Crippen LogP contribution is 2.41. The summed E-state index contributed by atoms with van der Waals surface area (Å²) in [7, 11) is 0. The van der Waals surface area contributed by atoms with Crippen LogP contribution in [-0.2, 0) is 18.5 Å². The first-order chi connectivity index (χ1) is 18.1. The third kappa shape index (κ3) is 5.51. The highest BCUT2D eigenvalue weighted by Gasteiger charge is 2.34. The van der Waals surface area contributed by atoms with E-state index in [1.165, 1.54) is 4.90 Å². The molecule has 0 unspecified atom stereocenters. The van der Waals surface area contributed by atoms with E-state index in [1.807, 2.05) is 36.4 Å². The number of carbonyl (C=O) groups excluding carboxylic acids is 1. The lowest BCUT2D eigenvalue weighted by molar-refractivity contribution is 0.0740. The van der Waals surface area contributed by atoms with Gasteiger partial charge in [-0.05, 0) is 65.2 Å². The molecule has 0 fully saturated rings. The van der Waals surface area contributed by atoms with Crippen molar-refractivity contribution in [3.63, 3.8) is 0 Å². The lowest BCUT2D eigenvalue weighted by atomic mass is 10.1. The van der Waals surface area contributed by atoms with E-state index >= 15 is 0 Å². The first kappa shape index (κ1) is 26.5. The monoisotopic (exact) mass is 592 g/mol. The summed E-state index contributed by atoms with van der Waals surface area (Å²) in [5, 5.41) is -0.180. The standard InChI is InChI=1S/C26H17Cl3F2N4O2S/c27-17-4-3-5-18(28)23(17)38-19-11-20(26(29,30)31)34-24(36)22(19)25(37)35-12-14-7-8-16(10-15(14)13-35)33-21-6-1-2-9-32-21/h1-11H,12-13H2,(H,32,33)(H,34,36). The molecule has 6 nitrogen and oxygen atoms in total. The van der Waals surface area contributed by atoms with Crippen molar-refractivity contribution in [2.45, 2.75) is 28.3 Å². The number of nitrogens with one attached hydrogen (secondary N) is 2. The molecule has 2 aromatic heterocycles. The second-order valence-electron chi connectivity index (χ2n) is 8.39. The summed E-state index contributed by atoms with van der Waals surface area (Å²) in [6.45, 7) is 0.456. The largest absolute Gasteiger partial charge is 0.362 e. The molecule has 1 amide bonds. The maximum atomic E-state index is 13.9. The Hall–Kier alpha value is -3.11. The molecule has 0 aliphatic carbocycles. The van der Waals surface area contributed by atoms with Gasteiger partial charge in [-0.1, -0.05) is 53.2 Å². The van der Waals surface area contributed by atoms with Gasteiger partial charge in [0, 0.05) is 34.8 Å². The first-order valence-electron chi connectivity index (χ1n) is 11.2. The van der Waals surface area contributed by atoms with Crippen molar-refractivity contribution in [1.82, 2.24) is 14.9 Å². The van der Waals surface area contributed by atoms with Crippen LogP contribution >= 0.6 is 46.6 Å². The number of H-pyrrole nitrogens is 1. The van der Waals surface area contributed by atoms with E-state index in [0.717, 1.165) is 34.6 Å². The van der Waals surface area contributed by atoms with Gasteiger partial charge in [-0.15, -0.1) is 0 Å². The number of alkyl halides is 3. The number of pyridine rings is 2. The fourth-order valence-electron chi connectivity index (χ4n) is 4.02. The lowest BCUT2D eigenvalue weighted by Gasteiger charge is -2.19. The van der Waals surface area contributed by atoms with Crippen LogP contribution in [0.5, 0.6) is 0 Å². The first-order valence-corrected chi connectivity index (χ1v) is 13.1.